The zero-order valence-electron chi connectivity index (χ0n) is 11.1. The van der Waals surface area contributed by atoms with Crippen molar-refractivity contribution in [1.29, 1.82) is 0 Å². The Bertz CT molecular complexity index is 352. The first-order chi connectivity index (χ1) is 8.79. The van der Waals surface area contributed by atoms with Gasteiger partial charge in [0.1, 0.15) is 0 Å². The molecule has 0 radical (unpaired) electrons. The minimum absolute atomic E-state index is 0.119. The van der Waals surface area contributed by atoms with Crippen molar-refractivity contribution in [2.24, 2.45) is 0 Å². The van der Waals surface area contributed by atoms with Crippen LogP contribution in [0.5, 0.6) is 0 Å². The molecule has 6 heteroatoms. The first kappa shape index (κ1) is 13.7. The minimum atomic E-state index is 0.119. The molecule has 1 aliphatic heterocycles. The average Bonchev–Trinajstić information content (AvgIpc) is 2.86. The van der Waals surface area contributed by atoms with Gasteiger partial charge in [-0.3, -0.25) is 0 Å². The molecular formula is C12H22N4OS. The lowest BCUT2D eigenvalue weighted by Gasteiger charge is -2.21. The van der Waals surface area contributed by atoms with E-state index in [1.807, 2.05) is 18.7 Å². The van der Waals surface area contributed by atoms with Crippen molar-refractivity contribution < 1.29 is 4.42 Å². The summed E-state index contributed by atoms with van der Waals surface area (Å²) < 4.78 is 5.64. The largest absolute Gasteiger partial charge is 0.406 e. The van der Waals surface area contributed by atoms with Crippen LogP contribution in [-0.4, -0.2) is 34.3 Å². The van der Waals surface area contributed by atoms with Gasteiger partial charge in [-0.1, -0.05) is 12.0 Å². The molecule has 2 N–H and O–H groups in total. The molecular weight excluding hydrogens is 248 g/mol. The Balaban J connectivity index is 1.84. The summed E-state index contributed by atoms with van der Waals surface area (Å²) in [5, 5.41) is 14.8. The Kier molecular flexibility index (Phi) is 5.31. The van der Waals surface area contributed by atoms with Crippen LogP contribution in [0.3, 0.4) is 0 Å². The van der Waals surface area contributed by atoms with E-state index in [1.54, 1.807) is 0 Å². The Morgan fingerprint density at radius 1 is 1.50 bits per heavy atom. The van der Waals surface area contributed by atoms with Gasteiger partial charge in [0.15, 0.2) is 0 Å². The highest BCUT2D eigenvalue weighted by Gasteiger charge is 2.18. The second kappa shape index (κ2) is 6.99. The van der Waals surface area contributed by atoms with Gasteiger partial charge in [0, 0.05) is 11.8 Å². The topological polar surface area (TPSA) is 63.0 Å². The highest BCUT2D eigenvalue weighted by molar-refractivity contribution is 7.99. The maximum absolute atomic E-state index is 5.64. The molecule has 0 aromatic carbocycles. The molecule has 1 aromatic rings. The monoisotopic (exact) mass is 270 g/mol. The van der Waals surface area contributed by atoms with Crippen molar-refractivity contribution in [3.63, 3.8) is 0 Å². The summed E-state index contributed by atoms with van der Waals surface area (Å²) in [6, 6.07) is 1.15. The van der Waals surface area contributed by atoms with E-state index in [1.165, 1.54) is 18.6 Å². The van der Waals surface area contributed by atoms with E-state index in [2.05, 4.69) is 27.8 Å². The predicted octanol–water partition coefficient (Wildman–Crippen LogP) is 2.44. The van der Waals surface area contributed by atoms with Gasteiger partial charge in [0.2, 0.25) is 5.89 Å². The minimum Gasteiger partial charge on any atom is -0.406 e. The summed E-state index contributed by atoms with van der Waals surface area (Å²) in [5.74, 6) is 3.06. The number of hydrogen-bond acceptors (Lipinski definition) is 6. The van der Waals surface area contributed by atoms with E-state index < -0.39 is 0 Å². The van der Waals surface area contributed by atoms with Crippen molar-refractivity contribution in [2.75, 3.05) is 23.4 Å². The SMILES string of the molecule is CCCNC(C)c1nnc(NC2CCCSC2)o1. The first-order valence-corrected chi connectivity index (χ1v) is 7.86. The number of nitrogens with zero attached hydrogens (tertiary/aromatic N) is 2. The molecule has 1 aromatic heterocycles. The second-order valence-corrected chi connectivity index (χ2v) is 5.83. The normalized spacial score (nSPS) is 21.8. The molecule has 102 valence electrons. The lowest BCUT2D eigenvalue weighted by molar-refractivity contribution is 0.420. The van der Waals surface area contributed by atoms with Crippen molar-refractivity contribution in [1.82, 2.24) is 15.5 Å². The summed E-state index contributed by atoms with van der Waals surface area (Å²) >= 11 is 1.98. The zero-order chi connectivity index (χ0) is 12.8. The number of nitrogens with one attached hydrogen (secondary N) is 2. The molecule has 1 aliphatic rings. The number of hydrogen-bond donors (Lipinski definition) is 2. The third kappa shape index (κ3) is 3.88. The maximum Gasteiger partial charge on any atom is 0.315 e. The molecule has 0 bridgehead atoms. The molecule has 2 atom stereocenters. The van der Waals surface area contributed by atoms with E-state index in [9.17, 15) is 0 Å². The standard InChI is InChI=1S/C12H22N4OS/c1-3-6-13-9(2)11-15-16-12(17-11)14-10-5-4-7-18-8-10/h9-10,13H,3-8H2,1-2H3,(H,14,16). The van der Waals surface area contributed by atoms with Gasteiger partial charge in [-0.15, -0.1) is 5.10 Å². The molecule has 2 rings (SSSR count). The van der Waals surface area contributed by atoms with Crippen LogP contribution in [0.1, 0.15) is 45.0 Å². The van der Waals surface area contributed by atoms with Crippen LogP contribution in [0.2, 0.25) is 0 Å². The molecule has 2 heterocycles. The van der Waals surface area contributed by atoms with E-state index in [0.29, 0.717) is 17.9 Å². The fourth-order valence-corrected chi connectivity index (χ4v) is 3.02. The summed E-state index contributed by atoms with van der Waals surface area (Å²) in [6.07, 6.45) is 3.55. The number of rotatable bonds is 6. The smallest absolute Gasteiger partial charge is 0.315 e. The fraction of sp³-hybridized carbons (Fsp3) is 0.833. The zero-order valence-corrected chi connectivity index (χ0v) is 11.9. The van der Waals surface area contributed by atoms with Crippen LogP contribution in [0.4, 0.5) is 6.01 Å². The number of aromatic nitrogens is 2. The van der Waals surface area contributed by atoms with Crippen LogP contribution in [0.25, 0.3) is 0 Å². The van der Waals surface area contributed by atoms with Gasteiger partial charge in [-0.05, 0) is 38.5 Å². The highest BCUT2D eigenvalue weighted by Crippen LogP contribution is 2.21. The van der Waals surface area contributed by atoms with E-state index in [-0.39, 0.29) is 6.04 Å². The summed E-state index contributed by atoms with van der Waals surface area (Å²) in [6.45, 7) is 5.15. The average molecular weight is 270 g/mol. The third-order valence-corrected chi connectivity index (χ3v) is 4.21. The van der Waals surface area contributed by atoms with Gasteiger partial charge in [-0.2, -0.15) is 11.8 Å². The van der Waals surface area contributed by atoms with Crippen LogP contribution in [0.15, 0.2) is 4.42 Å². The Morgan fingerprint density at radius 3 is 3.11 bits per heavy atom. The molecule has 2 unspecified atom stereocenters. The summed E-state index contributed by atoms with van der Waals surface area (Å²) in [4.78, 5) is 0. The van der Waals surface area contributed by atoms with E-state index in [4.69, 9.17) is 4.42 Å². The summed E-state index contributed by atoms with van der Waals surface area (Å²) in [5.41, 5.74) is 0. The van der Waals surface area contributed by atoms with Gasteiger partial charge in [0.25, 0.3) is 0 Å². The van der Waals surface area contributed by atoms with Gasteiger partial charge < -0.3 is 15.1 Å². The molecule has 5 nitrogen and oxygen atoms in total. The molecule has 0 aliphatic carbocycles. The quantitative estimate of drug-likeness (QED) is 0.828. The predicted molar refractivity (Wildman–Crippen MR) is 75.0 cm³/mol. The van der Waals surface area contributed by atoms with Crippen molar-refractivity contribution in [3.8, 4) is 0 Å². The number of thioether (sulfide) groups is 1. The molecule has 0 spiro atoms. The highest BCUT2D eigenvalue weighted by atomic mass is 32.2. The van der Waals surface area contributed by atoms with Gasteiger partial charge in [0.05, 0.1) is 6.04 Å². The van der Waals surface area contributed by atoms with Gasteiger partial charge >= 0.3 is 6.01 Å². The van der Waals surface area contributed by atoms with Gasteiger partial charge in [-0.25, -0.2) is 0 Å². The van der Waals surface area contributed by atoms with Crippen LogP contribution in [-0.2, 0) is 0 Å². The van der Waals surface area contributed by atoms with E-state index in [0.717, 1.165) is 18.7 Å². The Morgan fingerprint density at radius 2 is 2.39 bits per heavy atom. The Hall–Kier alpha value is -0.750. The second-order valence-electron chi connectivity index (χ2n) is 4.68. The Labute approximate surface area is 112 Å². The van der Waals surface area contributed by atoms with Crippen LogP contribution in [0, 0.1) is 0 Å². The number of anilines is 1. The fourth-order valence-electron chi connectivity index (χ4n) is 1.95. The maximum atomic E-state index is 5.64. The molecule has 18 heavy (non-hydrogen) atoms. The van der Waals surface area contributed by atoms with Crippen molar-refractivity contribution >= 4 is 17.8 Å². The van der Waals surface area contributed by atoms with E-state index >= 15 is 0 Å². The summed E-state index contributed by atoms with van der Waals surface area (Å²) in [7, 11) is 0. The first-order valence-electron chi connectivity index (χ1n) is 6.70. The van der Waals surface area contributed by atoms with Crippen molar-refractivity contribution in [3.05, 3.63) is 5.89 Å². The molecule has 1 fully saturated rings. The lowest BCUT2D eigenvalue weighted by atomic mass is 10.2. The molecule has 0 amide bonds. The van der Waals surface area contributed by atoms with Crippen LogP contribution < -0.4 is 10.6 Å². The lowest BCUT2D eigenvalue weighted by Crippen LogP contribution is -2.25. The molecule has 1 saturated heterocycles. The van der Waals surface area contributed by atoms with Crippen LogP contribution >= 0.6 is 11.8 Å². The third-order valence-electron chi connectivity index (χ3n) is 3.00. The van der Waals surface area contributed by atoms with Crippen molar-refractivity contribution in [2.45, 2.75) is 45.2 Å². The molecule has 0 saturated carbocycles.